The second kappa shape index (κ2) is 5.49. The molecule has 24 heavy (non-hydrogen) atoms. The van der Waals surface area contributed by atoms with Crippen molar-refractivity contribution in [2.75, 3.05) is 13.2 Å². The number of phenols is 2. The van der Waals surface area contributed by atoms with Crippen LogP contribution >= 0.6 is 0 Å². The van der Waals surface area contributed by atoms with Crippen LogP contribution in [0.2, 0.25) is 0 Å². The molecule has 4 rings (SSSR count). The average molecular weight is 326 g/mol. The molecule has 0 radical (unpaired) electrons. The molecule has 0 aliphatic carbocycles. The molecule has 0 spiro atoms. The minimum atomic E-state index is -0.386. The van der Waals surface area contributed by atoms with Crippen molar-refractivity contribution in [3.8, 4) is 34.1 Å². The molecule has 3 aromatic rings. The summed E-state index contributed by atoms with van der Waals surface area (Å²) < 4.78 is 16.6. The largest absolute Gasteiger partial charge is 0.508 e. The Morgan fingerprint density at radius 1 is 0.958 bits per heavy atom. The van der Waals surface area contributed by atoms with Crippen molar-refractivity contribution in [3.05, 3.63) is 46.8 Å². The van der Waals surface area contributed by atoms with E-state index in [9.17, 15) is 15.0 Å². The van der Waals surface area contributed by atoms with Gasteiger partial charge in [0.15, 0.2) is 11.5 Å². The fourth-order valence-corrected chi connectivity index (χ4v) is 2.75. The molecular formula is C18H14O6. The molecule has 1 aliphatic rings. The summed E-state index contributed by atoms with van der Waals surface area (Å²) in [6, 6.07) is 7.60. The van der Waals surface area contributed by atoms with Crippen LogP contribution in [-0.4, -0.2) is 23.4 Å². The maximum Gasteiger partial charge on any atom is 0.204 e. The van der Waals surface area contributed by atoms with E-state index in [1.54, 1.807) is 18.2 Å². The molecule has 0 saturated heterocycles. The van der Waals surface area contributed by atoms with Crippen molar-refractivity contribution in [2.24, 2.45) is 0 Å². The zero-order chi connectivity index (χ0) is 16.7. The molecule has 2 aromatic carbocycles. The number of rotatable bonds is 1. The molecule has 2 heterocycles. The van der Waals surface area contributed by atoms with Crippen LogP contribution in [0.3, 0.4) is 0 Å². The third kappa shape index (κ3) is 2.32. The lowest BCUT2D eigenvalue weighted by Crippen LogP contribution is -2.05. The number of benzene rings is 2. The van der Waals surface area contributed by atoms with Crippen molar-refractivity contribution in [1.82, 2.24) is 0 Å². The molecule has 0 saturated carbocycles. The van der Waals surface area contributed by atoms with Gasteiger partial charge in [0, 0.05) is 18.6 Å². The Bertz CT molecular complexity index is 989. The molecular weight excluding hydrogens is 312 g/mol. The Morgan fingerprint density at radius 2 is 1.75 bits per heavy atom. The van der Waals surface area contributed by atoms with Crippen LogP contribution in [0.15, 0.2) is 45.8 Å². The summed E-state index contributed by atoms with van der Waals surface area (Å²) in [5.74, 6) is 0.704. The molecule has 2 N–H and O–H groups in total. The van der Waals surface area contributed by atoms with Crippen LogP contribution in [-0.2, 0) is 0 Å². The number of phenolic OH excluding ortho intramolecular Hbond substituents is 2. The Hall–Kier alpha value is -3.15. The van der Waals surface area contributed by atoms with Crippen LogP contribution in [0.5, 0.6) is 23.0 Å². The molecule has 1 aliphatic heterocycles. The molecule has 0 bridgehead atoms. The van der Waals surface area contributed by atoms with Crippen LogP contribution in [0.1, 0.15) is 6.42 Å². The first-order valence-corrected chi connectivity index (χ1v) is 7.51. The summed E-state index contributed by atoms with van der Waals surface area (Å²) in [5, 5.41) is 19.5. The quantitative estimate of drug-likeness (QED) is 0.714. The standard InChI is InChI=1S/C18H14O6/c19-11-7-13(20)17-16(8-11)24-9-12(18(17)21)10-2-3-14-15(6-10)23-5-1-4-22-14/h2-3,6-9,19-20H,1,4-5H2. The number of ether oxygens (including phenoxy) is 2. The Kier molecular flexibility index (Phi) is 3.30. The van der Waals surface area contributed by atoms with Gasteiger partial charge in [-0.2, -0.15) is 0 Å². The highest BCUT2D eigenvalue weighted by Gasteiger charge is 2.16. The first-order valence-electron chi connectivity index (χ1n) is 7.51. The van der Waals surface area contributed by atoms with E-state index in [0.29, 0.717) is 35.8 Å². The van der Waals surface area contributed by atoms with E-state index in [1.165, 1.54) is 12.3 Å². The van der Waals surface area contributed by atoms with Gasteiger partial charge in [-0.05, 0) is 17.7 Å². The van der Waals surface area contributed by atoms with Crippen LogP contribution in [0.25, 0.3) is 22.1 Å². The SMILES string of the molecule is O=c1c(-c2ccc3c(c2)OCCCO3)coc2cc(O)cc(O)c12. The Morgan fingerprint density at radius 3 is 2.58 bits per heavy atom. The fourth-order valence-electron chi connectivity index (χ4n) is 2.75. The zero-order valence-corrected chi connectivity index (χ0v) is 12.6. The van der Waals surface area contributed by atoms with Gasteiger partial charge in [-0.15, -0.1) is 0 Å². The summed E-state index contributed by atoms with van der Waals surface area (Å²) >= 11 is 0. The summed E-state index contributed by atoms with van der Waals surface area (Å²) in [6.07, 6.45) is 2.10. The molecule has 0 unspecified atom stereocenters. The van der Waals surface area contributed by atoms with Crippen molar-refractivity contribution in [3.63, 3.8) is 0 Å². The molecule has 0 amide bonds. The van der Waals surface area contributed by atoms with E-state index >= 15 is 0 Å². The second-order valence-electron chi connectivity index (χ2n) is 5.53. The van der Waals surface area contributed by atoms with Gasteiger partial charge in [0.25, 0.3) is 0 Å². The van der Waals surface area contributed by atoms with Crippen LogP contribution in [0, 0.1) is 0 Å². The minimum absolute atomic E-state index is 0.0254. The van der Waals surface area contributed by atoms with E-state index in [2.05, 4.69) is 0 Å². The summed E-state index contributed by atoms with van der Waals surface area (Å²) in [6.45, 7) is 1.13. The summed E-state index contributed by atoms with van der Waals surface area (Å²) in [7, 11) is 0. The zero-order valence-electron chi connectivity index (χ0n) is 12.6. The highest BCUT2D eigenvalue weighted by atomic mass is 16.5. The molecule has 0 fully saturated rings. The predicted molar refractivity (Wildman–Crippen MR) is 86.9 cm³/mol. The molecule has 6 heteroatoms. The average Bonchev–Trinajstić information content (AvgIpc) is 2.79. The maximum atomic E-state index is 12.7. The molecule has 1 aromatic heterocycles. The molecule has 0 atom stereocenters. The number of fused-ring (bicyclic) bond motifs is 2. The van der Waals surface area contributed by atoms with E-state index in [0.717, 1.165) is 12.5 Å². The van der Waals surface area contributed by atoms with Gasteiger partial charge in [0.2, 0.25) is 5.43 Å². The van der Waals surface area contributed by atoms with Gasteiger partial charge in [0.1, 0.15) is 28.7 Å². The molecule has 122 valence electrons. The van der Waals surface area contributed by atoms with E-state index in [-0.39, 0.29) is 27.9 Å². The Labute approximate surface area is 136 Å². The maximum absolute atomic E-state index is 12.7. The smallest absolute Gasteiger partial charge is 0.204 e. The van der Waals surface area contributed by atoms with Crippen LogP contribution < -0.4 is 14.9 Å². The first-order chi connectivity index (χ1) is 11.6. The Balaban J connectivity index is 1.90. The van der Waals surface area contributed by atoms with Crippen molar-refractivity contribution in [2.45, 2.75) is 6.42 Å². The lowest BCUT2D eigenvalue weighted by Gasteiger charge is -2.09. The van der Waals surface area contributed by atoms with Crippen molar-refractivity contribution < 1.29 is 24.1 Å². The topological polar surface area (TPSA) is 89.1 Å². The number of hydrogen-bond donors (Lipinski definition) is 2. The van der Waals surface area contributed by atoms with Crippen molar-refractivity contribution in [1.29, 1.82) is 0 Å². The lowest BCUT2D eigenvalue weighted by atomic mass is 10.0. The second-order valence-corrected chi connectivity index (χ2v) is 5.53. The van der Waals surface area contributed by atoms with Gasteiger partial charge in [-0.3, -0.25) is 4.79 Å². The fraction of sp³-hybridized carbons (Fsp3) is 0.167. The highest BCUT2D eigenvalue weighted by Crippen LogP contribution is 2.35. The van der Waals surface area contributed by atoms with E-state index in [4.69, 9.17) is 13.9 Å². The normalized spacial score (nSPS) is 13.7. The van der Waals surface area contributed by atoms with Gasteiger partial charge < -0.3 is 24.1 Å². The molecule has 6 nitrogen and oxygen atoms in total. The van der Waals surface area contributed by atoms with E-state index in [1.807, 2.05) is 0 Å². The summed E-state index contributed by atoms with van der Waals surface area (Å²) in [5.41, 5.74) is 0.625. The highest BCUT2D eigenvalue weighted by molar-refractivity contribution is 5.88. The predicted octanol–water partition coefficient (Wildman–Crippen LogP) is 3.03. The number of hydrogen-bond acceptors (Lipinski definition) is 6. The van der Waals surface area contributed by atoms with Gasteiger partial charge in [0.05, 0.1) is 18.8 Å². The third-order valence-electron chi connectivity index (χ3n) is 3.90. The monoisotopic (exact) mass is 326 g/mol. The van der Waals surface area contributed by atoms with Gasteiger partial charge in [-0.1, -0.05) is 6.07 Å². The summed E-state index contributed by atoms with van der Waals surface area (Å²) in [4.78, 5) is 12.7. The van der Waals surface area contributed by atoms with E-state index < -0.39 is 0 Å². The van der Waals surface area contributed by atoms with Crippen LogP contribution in [0.4, 0.5) is 0 Å². The third-order valence-corrected chi connectivity index (χ3v) is 3.90. The first kappa shape index (κ1) is 14.4. The number of aromatic hydroxyl groups is 2. The minimum Gasteiger partial charge on any atom is -0.508 e. The van der Waals surface area contributed by atoms with Gasteiger partial charge in [-0.25, -0.2) is 0 Å². The lowest BCUT2D eigenvalue weighted by molar-refractivity contribution is 0.297. The van der Waals surface area contributed by atoms with Gasteiger partial charge >= 0.3 is 0 Å². The van der Waals surface area contributed by atoms with Crippen molar-refractivity contribution >= 4 is 11.0 Å².